The van der Waals surface area contributed by atoms with Gasteiger partial charge in [0.25, 0.3) is 0 Å². The summed E-state index contributed by atoms with van der Waals surface area (Å²) >= 11 is 0. The van der Waals surface area contributed by atoms with E-state index in [-0.39, 0.29) is 5.41 Å². The van der Waals surface area contributed by atoms with Crippen molar-refractivity contribution in [2.45, 2.75) is 71.0 Å². The van der Waals surface area contributed by atoms with Gasteiger partial charge >= 0.3 is 0 Å². The van der Waals surface area contributed by atoms with E-state index in [1.165, 1.54) is 31.3 Å². The number of hydrogen-bond acceptors (Lipinski definition) is 5. The second-order valence-electron chi connectivity index (χ2n) is 11.6. The first kappa shape index (κ1) is 28.5. The number of aliphatic hydroxyl groups is 2. The van der Waals surface area contributed by atoms with E-state index in [1.807, 2.05) is 30.3 Å². The molecule has 4 rings (SSSR count). The van der Waals surface area contributed by atoms with Crippen LogP contribution in [0.5, 0.6) is 0 Å². The van der Waals surface area contributed by atoms with Gasteiger partial charge in [0.2, 0.25) is 0 Å². The number of benzene rings is 1. The highest BCUT2D eigenvalue weighted by Gasteiger charge is 2.50. The zero-order chi connectivity index (χ0) is 27.1. The van der Waals surface area contributed by atoms with Crippen LogP contribution in [0, 0.1) is 23.2 Å². The second kappa shape index (κ2) is 13.1. The Labute approximate surface area is 228 Å². The molecule has 0 aromatic heterocycles. The van der Waals surface area contributed by atoms with Gasteiger partial charge in [-0.05, 0) is 72.8 Å². The predicted octanol–water partition coefficient (Wildman–Crippen LogP) is 6.39. The van der Waals surface area contributed by atoms with E-state index in [9.17, 15) is 10.2 Å². The summed E-state index contributed by atoms with van der Waals surface area (Å²) in [6.07, 6.45) is 11.9. The lowest BCUT2D eigenvalue weighted by atomic mass is 9.61. The lowest BCUT2D eigenvalue weighted by Gasteiger charge is -2.44. The van der Waals surface area contributed by atoms with Crippen LogP contribution < -0.4 is 0 Å². The molecule has 5 nitrogen and oxygen atoms in total. The van der Waals surface area contributed by atoms with Crippen LogP contribution in [0.4, 0.5) is 0 Å². The summed E-state index contributed by atoms with van der Waals surface area (Å²) in [4.78, 5) is 5.39. The SMILES string of the molecule is C=CCON=C(COC[C@@H](C)[C@H]1CC[C@H]2C(=CC=C3C[C@@H](O)C[C@H](O)C3=C)CCC[C@]12C)c1ccccc1. The smallest absolute Gasteiger partial charge is 0.135 e. The zero-order valence-corrected chi connectivity index (χ0v) is 23.1. The molecule has 6 atom stereocenters. The Balaban J connectivity index is 1.40. The van der Waals surface area contributed by atoms with Gasteiger partial charge < -0.3 is 19.8 Å². The molecule has 0 saturated heterocycles. The van der Waals surface area contributed by atoms with Gasteiger partial charge in [0.15, 0.2) is 0 Å². The molecule has 0 aliphatic heterocycles. The van der Waals surface area contributed by atoms with Crippen LogP contribution in [0.25, 0.3) is 0 Å². The number of nitrogens with zero attached hydrogens (tertiary/aromatic N) is 1. The summed E-state index contributed by atoms with van der Waals surface area (Å²) in [7, 11) is 0. The van der Waals surface area contributed by atoms with Crippen LogP contribution in [-0.2, 0) is 9.57 Å². The molecular weight excluding hydrogens is 474 g/mol. The molecule has 0 amide bonds. The normalized spacial score (nSPS) is 32.8. The molecule has 38 heavy (non-hydrogen) atoms. The minimum absolute atomic E-state index is 0.261. The standard InChI is InChI=1S/C33H45NO4/c1-5-18-38-34-31(26-10-7-6-8-11-26)22-37-21-23(2)29-15-16-30-25(12-9-17-33(29,30)4)13-14-27-19-28(35)20-32(36)24(27)3/h5-8,10-11,13-14,23,28-30,32,35-36H,1,3,9,12,15-22H2,2,4H3/t23-,28-,29-,30+,32+,33-/m1/s1. The van der Waals surface area contributed by atoms with Crippen LogP contribution in [-0.4, -0.2) is 48.0 Å². The third-order valence-electron chi connectivity index (χ3n) is 9.08. The molecule has 0 radical (unpaired) electrons. The lowest BCUT2D eigenvalue weighted by molar-refractivity contribution is 0.0450. The highest BCUT2D eigenvalue weighted by molar-refractivity contribution is 6.01. The van der Waals surface area contributed by atoms with Crippen molar-refractivity contribution in [2.24, 2.45) is 28.3 Å². The number of rotatable bonds is 10. The van der Waals surface area contributed by atoms with Crippen molar-refractivity contribution in [3.05, 3.63) is 84.0 Å². The fourth-order valence-electron chi connectivity index (χ4n) is 7.10. The molecule has 2 N–H and O–H groups in total. The van der Waals surface area contributed by atoms with Gasteiger partial charge in [-0.2, -0.15) is 0 Å². The van der Waals surface area contributed by atoms with Gasteiger partial charge in [-0.25, -0.2) is 0 Å². The summed E-state index contributed by atoms with van der Waals surface area (Å²) in [5.74, 6) is 1.62. The minimum atomic E-state index is -0.641. The van der Waals surface area contributed by atoms with E-state index < -0.39 is 12.2 Å². The van der Waals surface area contributed by atoms with Gasteiger partial charge in [-0.1, -0.05) is 86.3 Å². The average Bonchev–Trinajstić information content (AvgIpc) is 3.27. The molecular formula is C33H45NO4. The number of ether oxygens (including phenoxy) is 1. The first-order chi connectivity index (χ1) is 18.3. The summed E-state index contributed by atoms with van der Waals surface area (Å²) < 4.78 is 6.25. The number of aliphatic hydroxyl groups excluding tert-OH is 2. The van der Waals surface area contributed by atoms with E-state index in [4.69, 9.17) is 9.57 Å². The van der Waals surface area contributed by atoms with Crippen molar-refractivity contribution < 1.29 is 19.8 Å². The second-order valence-corrected chi connectivity index (χ2v) is 11.6. The first-order valence-corrected chi connectivity index (χ1v) is 14.2. The quantitative estimate of drug-likeness (QED) is 0.163. The lowest BCUT2D eigenvalue weighted by Crippen LogP contribution is -2.37. The van der Waals surface area contributed by atoms with Crippen LogP contribution in [0.15, 0.2) is 83.6 Å². The fraction of sp³-hybridized carbons (Fsp3) is 0.545. The van der Waals surface area contributed by atoms with Crippen molar-refractivity contribution in [3.8, 4) is 0 Å². The topological polar surface area (TPSA) is 71.3 Å². The largest absolute Gasteiger partial charge is 0.393 e. The molecule has 1 aromatic rings. The Kier molecular flexibility index (Phi) is 9.80. The van der Waals surface area contributed by atoms with Crippen molar-refractivity contribution in [2.75, 3.05) is 19.8 Å². The Morgan fingerprint density at radius 1 is 1.21 bits per heavy atom. The van der Waals surface area contributed by atoms with Crippen molar-refractivity contribution in [1.82, 2.24) is 0 Å². The zero-order valence-electron chi connectivity index (χ0n) is 23.1. The van der Waals surface area contributed by atoms with Crippen molar-refractivity contribution >= 4 is 5.71 Å². The van der Waals surface area contributed by atoms with Crippen molar-refractivity contribution in [3.63, 3.8) is 0 Å². The number of fused-ring (bicyclic) bond motifs is 1. The third-order valence-corrected chi connectivity index (χ3v) is 9.08. The molecule has 3 saturated carbocycles. The summed E-state index contributed by atoms with van der Waals surface area (Å²) in [5.41, 5.74) is 5.33. The Bertz CT molecular complexity index is 1060. The van der Waals surface area contributed by atoms with Crippen molar-refractivity contribution in [1.29, 1.82) is 0 Å². The molecule has 0 bridgehead atoms. The summed E-state index contributed by atoms with van der Waals surface area (Å²) in [5, 5.41) is 24.6. The maximum absolute atomic E-state index is 10.2. The van der Waals surface area contributed by atoms with E-state index in [0.29, 0.717) is 50.4 Å². The fourth-order valence-corrected chi connectivity index (χ4v) is 7.10. The van der Waals surface area contributed by atoms with Crippen LogP contribution in [0.3, 0.4) is 0 Å². The van der Waals surface area contributed by atoms with Gasteiger partial charge in [-0.3, -0.25) is 0 Å². The third kappa shape index (κ3) is 6.56. The minimum Gasteiger partial charge on any atom is -0.393 e. The molecule has 1 aromatic carbocycles. The molecule has 0 heterocycles. The summed E-state index contributed by atoms with van der Waals surface area (Å²) in [6, 6.07) is 10.0. The Morgan fingerprint density at radius 2 is 2.00 bits per heavy atom. The van der Waals surface area contributed by atoms with Gasteiger partial charge in [-0.15, -0.1) is 0 Å². The van der Waals surface area contributed by atoms with Crippen LogP contribution in [0.2, 0.25) is 0 Å². The highest BCUT2D eigenvalue weighted by atomic mass is 16.6. The van der Waals surface area contributed by atoms with E-state index in [1.54, 1.807) is 6.08 Å². The predicted molar refractivity (Wildman–Crippen MR) is 154 cm³/mol. The van der Waals surface area contributed by atoms with Crippen LogP contribution in [0.1, 0.15) is 64.4 Å². The van der Waals surface area contributed by atoms with E-state index in [0.717, 1.165) is 28.8 Å². The maximum Gasteiger partial charge on any atom is 0.135 e. The van der Waals surface area contributed by atoms with E-state index in [2.05, 4.69) is 44.3 Å². The number of hydrogen-bond donors (Lipinski definition) is 2. The summed E-state index contributed by atoms with van der Waals surface area (Å²) in [6.45, 7) is 14.1. The molecule has 0 unspecified atom stereocenters. The molecule has 3 aliphatic carbocycles. The van der Waals surface area contributed by atoms with Gasteiger partial charge in [0.05, 0.1) is 18.8 Å². The highest BCUT2D eigenvalue weighted by Crippen LogP contribution is 2.59. The maximum atomic E-state index is 10.2. The number of oxime groups is 1. The number of allylic oxidation sites excluding steroid dienone is 3. The van der Waals surface area contributed by atoms with Gasteiger partial charge in [0, 0.05) is 18.6 Å². The monoisotopic (exact) mass is 519 g/mol. The van der Waals surface area contributed by atoms with Crippen LogP contribution >= 0.6 is 0 Å². The van der Waals surface area contributed by atoms with E-state index >= 15 is 0 Å². The Morgan fingerprint density at radius 3 is 2.76 bits per heavy atom. The molecule has 3 fully saturated rings. The molecule has 5 heteroatoms. The molecule has 3 aliphatic rings. The first-order valence-electron chi connectivity index (χ1n) is 14.2. The van der Waals surface area contributed by atoms with Gasteiger partial charge in [0.1, 0.15) is 12.3 Å². The Hall–Kier alpha value is -2.47. The molecule has 206 valence electrons. The molecule has 0 spiro atoms. The average molecular weight is 520 g/mol.